The smallest absolute Gasteiger partial charge is 0.339 e. The summed E-state index contributed by atoms with van der Waals surface area (Å²) in [7, 11) is 0. The van der Waals surface area contributed by atoms with Gasteiger partial charge in [0.2, 0.25) is 0 Å². The number of halogens is 1. The fourth-order valence-electron chi connectivity index (χ4n) is 2.36. The van der Waals surface area contributed by atoms with Crippen molar-refractivity contribution in [2.75, 3.05) is 10.5 Å². The van der Waals surface area contributed by atoms with E-state index in [1.165, 1.54) is 17.8 Å². The first-order valence-electron chi connectivity index (χ1n) is 8.50. The third-order valence-electron chi connectivity index (χ3n) is 3.75. The molecule has 1 N–H and O–H groups in total. The summed E-state index contributed by atoms with van der Waals surface area (Å²) in [6, 6.07) is 10.4. The van der Waals surface area contributed by atoms with E-state index in [9.17, 15) is 8.94 Å². The number of anilines is 1. The Morgan fingerprint density at radius 1 is 1.39 bits per heavy atom. The highest BCUT2D eigenvalue weighted by atomic mass is 32.2. The summed E-state index contributed by atoms with van der Waals surface area (Å²) in [4.78, 5) is 4.14. The van der Waals surface area contributed by atoms with Crippen molar-refractivity contribution in [3.8, 4) is 0 Å². The Bertz CT molecular complexity index is 997. The number of rotatable bonds is 8. The molecule has 144 valence electrons. The van der Waals surface area contributed by atoms with Crippen LogP contribution in [-0.2, 0) is 11.4 Å². The molecule has 0 fully saturated rings. The number of fused-ring (bicyclic) bond motifs is 1. The van der Waals surface area contributed by atoms with E-state index >= 15 is 0 Å². The van der Waals surface area contributed by atoms with Gasteiger partial charge >= 0.3 is 5.09 Å². The molecule has 0 radical (unpaired) electrons. The molecule has 3 aromatic rings. The number of pyridine rings is 1. The van der Waals surface area contributed by atoms with E-state index in [1.807, 2.05) is 43.4 Å². The molecule has 0 saturated carbocycles. The number of furan rings is 1. The van der Waals surface area contributed by atoms with Crippen molar-refractivity contribution >= 4 is 39.8 Å². The number of hydrogen-bond acceptors (Lipinski definition) is 5. The zero-order valence-electron chi connectivity index (χ0n) is 15.2. The quantitative estimate of drug-likeness (QED) is 0.283. The van der Waals surface area contributed by atoms with Gasteiger partial charge in [0.25, 0.3) is 0 Å². The Morgan fingerprint density at radius 2 is 2.21 bits per heavy atom. The van der Waals surface area contributed by atoms with Gasteiger partial charge < -0.3 is 8.97 Å². The van der Waals surface area contributed by atoms with Crippen LogP contribution in [0.4, 0.5) is 10.1 Å². The molecule has 7 heteroatoms. The number of nitrogens with one attached hydrogen (secondary N) is 1. The van der Waals surface area contributed by atoms with Crippen molar-refractivity contribution in [2.45, 2.75) is 17.0 Å². The van der Waals surface area contributed by atoms with Crippen molar-refractivity contribution < 1.29 is 13.4 Å². The largest absolute Gasteiger partial charge is 0.585 e. The molecule has 3 rings (SSSR count). The molecule has 28 heavy (non-hydrogen) atoms. The number of nitrogens with zero attached hydrogens (tertiary/aromatic N) is 1. The maximum atomic E-state index is 13.7. The highest BCUT2D eigenvalue weighted by Crippen LogP contribution is 2.30. The fraction of sp³-hybridized carbons (Fsp3) is 0.0952. The van der Waals surface area contributed by atoms with Crippen molar-refractivity contribution in [3.63, 3.8) is 0 Å². The minimum absolute atomic E-state index is 0.265. The molecule has 4 nitrogen and oxygen atoms in total. The van der Waals surface area contributed by atoms with Gasteiger partial charge in [0.05, 0.1) is 6.20 Å². The van der Waals surface area contributed by atoms with Crippen LogP contribution < -0.4 is 4.72 Å². The fourth-order valence-corrected chi connectivity index (χ4v) is 4.19. The van der Waals surface area contributed by atoms with Crippen molar-refractivity contribution in [2.24, 2.45) is 0 Å². The summed E-state index contributed by atoms with van der Waals surface area (Å²) in [5.74, 6) is 0.0835. The molecule has 1 atom stereocenters. The zero-order valence-corrected chi connectivity index (χ0v) is 16.9. The lowest BCUT2D eigenvalue weighted by atomic mass is 10.3. The Hall–Kier alpha value is -2.48. The summed E-state index contributed by atoms with van der Waals surface area (Å²) in [6.07, 6.45) is 8.69. The second kappa shape index (κ2) is 9.64. The third kappa shape index (κ3) is 5.07. The highest BCUT2D eigenvalue weighted by Gasteiger charge is 2.20. The van der Waals surface area contributed by atoms with E-state index in [2.05, 4.69) is 16.3 Å². The lowest BCUT2D eigenvalue weighted by Gasteiger charge is -2.12. The molecule has 0 amide bonds. The molecule has 1 unspecified atom stereocenters. The number of allylic oxidation sites excluding steroid dienone is 4. The molecular weight excluding hydrogens is 395 g/mol. The molecule has 2 heterocycles. The highest BCUT2D eigenvalue weighted by molar-refractivity contribution is 7.99. The van der Waals surface area contributed by atoms with Crippen molar-refractivity contribution in [3.05, 3.63) is 84.9 Å². The average molecular weight is 415 g/mol. The van der Waals surface area contributed by atoms with Gasteiger partial charge in [-0.3, -0.25) is 0 Å². The SMILES string of the molecule is C=C/C(=C\C=C/C)CSc1ncc(F)cc1N[S+]([O-])c1cc2ccccc2o1. The first kappa shape index (κ1) is 20.3. The molecule has 0 aliphatic carbocycles. The number of para-hydroxylation sites is 1. The normalized spacial score (nSPS) is 13.2. The molecule has 0 spiro atoms. The monoisotopic (exact) mass is 414 g/mol. The first-order valence-corrected chi connectivity index (χ1v) is 10.6. The molecule has 0 saturated heterocycles. The van der Waals surface area contributed by atoms with Crippen LogP contribution in [0.1, 0.15) is 6.92 Å². The van der Waals surface area contributed by atoms with E-state index < -0.39 is 17.2 Å². The second-order valence-electron chi connectivity index (χ2n) is 5.74. The Labute approximate surface area is 170 Å². The predicted molar refractivity (Wildman–Crippen MR) is 114 cm³/mol. The summed E-state index contributed by atoms with van der Waals surface area (Å²) >= 11 is -0.287. The number of hydrogen-bond donors (Lipinski definition) is 1. The molecule has 0 aliphatic rings. The van der Waals surface area contributed by atoms with Gasteiger partial charge in [-0.25, -0.2) is 9.37 Å². The van der Waals surface area contributed by atoms with Gasteiger partial charge in [-0.2, -0.15) is 4.72 Å². The average Bonchev–Trinajstić information content (AvgIpc) is 3.14. The summed E-state index contributed by atoms with van der Waals surface area (Å²) in [6.45, 7) is 5.73. The van der Waals surface area contributed by atoms with E-state index in [-0.39, 0.29) is 5.09 Å². The minimum Gasteiger partial charge on any atom is -0.585 e. The van der Waals surface area contributed by atoms with E-state index in [1.54, 1.807) is 18.2 Å². The molecular formula is C21H19FN2O2S2. The third-order valence-corrected chi connectivity index (χ3v) is 5.79. The van der Waals surface area contributed by atoms with E-state index in [4.69, 9.17) is 4.42 Å². The Kier molecular flexibility index (Phi) is 6.97. The zero-order chi connectivity index (χ0) is 19.9. The van der Waals surface area contributed by atoms with Gasteiger partial charge in [0.1, 0.15) is 33.5 Å². The van der Waals surface area contributed by atoms with Gasteiger partial charge in [-0.05, 0) is 18.6 Å². The second-order valence-corrected chi connectivity index (χ2v) is 7.85. The maximum absolute atomic E-state index is 13.7. The minimum atomic E-state index is -1.69. The Morgan fingerprint density at radius 3 is 2.96 bits per heavy atom. The van der Waals surface area contributed by atoms with Crippen LogP contribution in [0.3, 0.4) is 0 Å². The lowest BCUT2D eigenvalue weighted by molar-refractivity contribution is 0.484. The van der Waals surface area contributed by atoms with Crippen molar-refractivity contribution in [1.82, 2.24) is 4.98 Å². The number of thioether (sulfide) groups is 1. The van der Waals surface area contributed by atoms with Gasteiger partial charge in [-0.1, -0.05) is 60.8 Å². The number of aromatic nitrogens is 1. The van der Waals surface area contributed by atoms with Crippen LogP contribution in [0.25, 0.3) is 11.0 Å². The van der Waals surface area contributed by atoms with Crippen LogP contribution >= 0.6 is 11.8 Å². The summed E-state index contributed by atoms with van der Waals surface area (Å²) in [5, 5.41) is 1.66. The standard InChI is InChI=1S/C21H19FN2O2S2/c1-3-5-8-15(4-2)14-27-21-18(12-17(22)13-23-21)24-28(25)20-11-16-9-6-7-10-19(16)26-20/h3-13,24H,2,14H2,1H3/b5-3-,15-8+. The molecule has 2 aromatic heterocycles. The molecule has 1 aromatic carbocycles. The van der Waals surface area contributed by atoms with Crippen molar-refractivity contribution in [1.29, 1.82) is 0 Å². The van der Waals surface area contributed by atoms with Crippen LogP contribution in [-0.4, -0.2) is 15.3 Å². The summed E-state index contributed by atoms with van der Waals surface area (Å²) in [5.41, 5.74) is 1.99. The first-order chi connectivity index (χ1) is 13.6. The van der Waals surface area contributed by atoms with Crippen LogP contribution in [0.15, 0.2) is 93.6 Å². The van der Waals surface area contributed by atoms with Crippen LogP contribution in [0.2, 0.25) is 0 Å². The van der Waals surface area contributed by atoms with Gasteiger partial charge in [0, 0.05) is 23.3 Å². The van der Waals surface area contributed by atoms with Crippen LogP contribution in [0, 0.1) is 5.82 Å². The van der Waals surface area contributed by atoms with E-state index in [0.29, 0.717) is 22.0 Å². The molecule has 0 aliphatic heterocycles. The van der Waals surface area contributed by atoms with Gasteiger partial charge in [0.15, 0.2) is 0 Å². The molecule has 0 bridgehead atoms. The lowest BCUT2D eigenvalue weighted by Crippen LogP contribution is -2.13. The topological polar surface area (TPSA) is 61.1 Å². The summed E-state index contributed by atoms with van der Waals surface area (Å²) < 4.78 is 34.8. The predicted octanol–water partition coefficient (Wildman–Crippen LogP) is 5.88. The number of benzene rings is 1. The maximum Gasteiger partial charge on any atom is 0.339 e. The Balaban J connectivity index is 1.79. The van der Waals surface area contributed by atoms with Gasteiger partial charge in [-0.15, -0.1) is 0 Å². The van der Waals surface area contributed by atoms with E-state index in [0.717, 1.165) is 17.2 Å². The van der Waals surface area contributed by atoms with Crippen LogP contribution in [0.5, 0.6) is 0 Å².